The molecular formula is C16H27N3O3S2. The van der Waals surface area contributed by atoms with Gasteiger partial charge >= 0.3 is 0 Å². The number of carbonyl (C=O) groups excluding carboxylic acids is 1. The van der Waals surface area contributed by atoms with Crippen molar-refractivity contribution in [2.75, 3.05) is 13.1 Å². The van der Waals surface area contributed by atoms with Crippen LogP contribution < -0.4 is 15.8 Å². The van der Waals surface area contributed by atoms with Gasteiger partial charge in [-0.3, -0.25) is 4.79 Å². The van der Waals surface area contributed by atoms with Crippen molar-refractivity contribution >= 4 is 27.3 Å². The fraction of sp³-hybridized carbons (Fsp3) is 0.688. The Labute approximate surface area is 148 Å². The van der Waals surface area contributed by atoms with Gasteiger partial charge in [0.15, 0.2) is 0 Å². The average Bonchev–Trinajstić information content (AvgIpc) is 3.03. The number of rotatable bonds is 8. The van der Waals surface area contributed by atoms with Crippen molar-refractivity contribution in [3.63, 3.8) is 0 Å². The monoisotopic (exact) mass is 373 g/mol. The molecule has 1 aromatic rings. The summed E-state index contributed by atoms with van der Waals surface area (Å²) in [6, 6.07) is 3.24. The van der Waals surface area contributed by atoms with Gasteiger partial charge < -0.3 is 11.1 Å². The Morgan fingerprint density at radius 1 is 1.33 bits per heavy atom. The predicted octanol–water partition coefficient (Wildman–Crippen LogP) is 1.61. The SMILES string of the molecule is CC(=O)NCCc1ccc(S(=O)(=O)NC(CN)C2CCCCC2)s1. The molecule has 4 N–H and O–H groups in total. The molecule has 0 saturated heterocycles. The average molecular weight is 374 g/mol. The lowest BCUT2D eigenvalue weighted by Crippen LogP contribution is -2.45. The van der Waals surface area contributed by atoms with Crippen molar-refractivity contribution in [3.8, 4) is 0 Å². The molecule has 2 rings (SSSR count). The molecule has 8 heteroatoms. The van der Waals surface area contributed by atoms with Crippen LogP contribution in [0.1, 0.15) is 43.9 Å². The van der Waals surface area contributed by atoms with Gasteiger partial charge in [0.1, 0.15) is 4.21 Å². The van der Waals surface area contributed by atoms with Gasteiger partial charge in [0, 0.05) is 30.9 Å². The van der Waals surface area contributed by atoms with Gasteiger partial charge in [-0.2, -0.15) is 0 Å². The van der Waals surface area contributed by atoms with Crippen molar-refractivity contribution in [1.82, 2.24) is 10.0 Å². The molecule has 0 aliphatic heterocycles. The molecule has 24 heavy (non-hydrogen) atoms. The number of nitrogens with two attached hydrogens (primary N) is 1. The summed E-state index contributed by atoms with van der Waals surface area (Å²) < 4.78 is 28.3. The number of amides is 1. The van der Waals surface area contributed by atoms with E-state index < -0.39 is 10.0 Å². The summed E-state index contributed by atoms with van der Waals surface area (Å²) in [5.74, 6) is 0.247. The lowest BCUT2D eigenvalue weighted by atomic mass is 9.84. The number of carbonyl (C=O) groups is 1. The normalized spacial score (nSPS) is 17.6. The minimum Gasteiger partial charge on any atom is -0.356 e. The summed E-state index contributed by atoms with van der Waals surface area (Å²) in [7, 11) is -3.54. The lowest BCUT2D eigenvalue weighted by molar-refractivity contribution is -0.118. The van der Waals surface area contributed by atoms with E-state index in [1.807, 2.05) is 0 Å². The minimum absolute atomic E-state index is 0.0839. The lowest BCUT2D eigenvalue weighted by Gasteiger charge is -2.29. The van der Waals surface area contributed by atoms with Crippen molar-refractivity contribution in [2.24, 2.45) is 11.7 Å². The van der Waals surface area contributed by atoms with Crippen LogP contribution in [0.3, 0.4) is 0 Å². The summed E-state index contributed by atoms with van der Waals surface area (Å²) in [6.45, 7) is 2.30. The zero-order valence-electron chi connectivity index (χ0n) is 14.1. The van der Waals surface area contributed by atoms with E-state index in [-0.39, 0.29) is 11.9 Å². The smallest absolute Gasteiger partial charge is 0.250 e. The van der Waals surface area contributed by atoms with E-state index in [2.05, 4.69) is 10.0 Å². The van der Waals surface area contributed by atoms with E-state index in [0.29, 0.717) is 29.6 Å². The van der Waals surface area contributed by atoms with Crippen LogP contribution in [0.4, 0.5) is 0 Å². The molecule has 6 nitrogen and oxygen atoms in total. The Morgan fingerprint density at radius 2 is 2.04 bits per heavy atom. The second-order valence-electron chi connectivity index (χ2n) is 6.32. The molecule has 1 atom stereocenters. The first-order valence-electron chi connectivity index (χ1n) is 8.48. The second-order valence-corrected chi connectivity index (χ2v) is 9.42. The van der Waals surface area contributed by atoms with E-state index in [9.17, 15) is 13.2 Å². The van der Waals surface area contributed by atoms with Gasteiger partial charge in [0.05, 0.1) is 0 Å². The summed E-state index contributed by atoms with van der Waals surface area (Å²) >= 11 is 1.25. The minimum atomic E-state index is -3.54. The van der Waals surface area contributed by atoms with Crippen LogP contribution in [0.5, 0.6) is 0 Å². The summed E-state index contributed by atoms with van der Waals surface area (Å²) in [4.78, 5) is 11.8. The Kier molecular flexibility index (Phi) is 7.21. The van der Waals surface area contributed by atoms with Crippen LogP contribution in [-0.4, -0.2) is 33.5 Å². The van der Waals surface area contributed by atoms with Crippen LogP contribution >= 0.6 is 11.3 Å². The third-order valence-corrected chi connectivity index (χ3v) is 7.55. The molecule has 0 bridgehead atoms. The molecule has 1 fully saturated rings. The molecule has 136 valence electrons. The Morgan fingerprint density at radius 3 is 2.67 bits per heavy atom. The topological polar surface area (TPSA) is 101 Å². The maximum Gasteiger partial charge on any atom is 0.250 e. The largest absolute Gasteiger partial charge is 0.356 e. The zero-order chi connectivity index (χ0) is 17.6. The van der Waals surface area contributed by atoms with Gasteiger partial charge in [-0.05, 0) is 37.3 Å². The number of hydrogen-bond donors (Lipinski definition) is 3. The number of thiophene rings is 1. The maximum absolute atomic E-state index is 12.6. The van der Waals surface area contributed by atoms with E-state index in [0.717, 1.165) is 30.6 Å². The molecule has 1 aliphatic carbocycles. The quantitative estimate of drug-likeness (QED) is 0.644. The molecule has 0 radical (unpaired) electrons. The number of hydrogen-bond acceptors (Lipinski definition) is 5. The van der Waals surface area contributed by atoms with Crippen molar-refractivity contribution in [3.05, 3.63) is 17.0 Å². The Bertz CT molecular complexity index is 637. The molecule has 1 aliphatic rings. The van der Waals surface area contributed by atoms with Crippen LogP contribution in [-0.2, 0) is 21.2 Å². The molecule has 1 unspecified atom stereocenters. The Balaban J connectivity index is 1.98. The highest BCUT2D eigenvalue weighted by Crippen LogP contribution is 2.28. The fourth-order valence-corrected chi connectivity index (χ4v) is 5.82. The number of sulfonamides is 1. The van der Waals surface area contributed by atoms with Crippen LogP contribution in [0.2, 0.25) is 0 Å². The molecule has 1 aromatic heterocycles. The first kappa shape index (κ1) is 19.4. The number of nitrogens with one attached hydrogen (secondary N) is 2. The summed E-state index contributed by atoms with van der Waals surface area (Å²) in [5.41, 5.74) is 5.82. The second kappa shape index (κ2) is 8.94. The van der Waals surface area contributed by atoms with Gasteiger partial charge in [0.2, 0.25) is 15.9 Å². The molecule has 0 spiro atoms. The van der Waals surface area contributed by atoms with Gasteiger partial charge in [-0.25, -0.2) is 13.1 Å². The van der Waals surface area contributed by atoms with Crippen molar-refractivity contribution in [1.29, 1.82) is 0 Å². The highest BCUT2D eigenvalue weighted by atomic mass is 32.2. The van der Waals surface area contributed by atoms with Gasteiger partial charge in [-0.1, -0.05) is 19.3 Å². The molecular weight excluding hydrogens is 346 g/mol. The van der Waals surface area contributed by atoms with E-state index in [1.165, 1.54) is 24.7 Å². The molecule has 1 heterocycles. The molecule has 1 amide bonds. The van der Waals surface area contributed by atoms with Crippen molar-refractivity contribution < 1.29 is 13.2 Å². The highest BCUT2D eigenvalue weighted by Gasteiger charge is 2.28. The first-order chi connectivity index (χ1) is 11.4. The van der Waals surface area contributed by atoms with E-state index in [4.69, 9.17) is 5.73 Å². The van der Waals surface area contributed by atoms with E-state index >= 15 is 0 Å². The zero-order valence-corrected chi connectivity index (χ0v) is 15.7. The standard InChI is InChI=1S/C16H27N3O3S2/c1-12(20)18-10-9-14-7-8-16(23-14)24(21,22)19-15(11-17)13-5-3-2-4-6-13/h7-8,13,15,19H,2-6,9-11,17H2,1H3,(H,18,20). The third kappa shape index (κ3) is 5.54. The fourth-order valence-electron chi connectivity index (χ4n) is 3.13. The summed E-state index contributed by atoms with van der Waals surface area (Å²) in [5, 5.41) is 2.71. The molecule has 0 aromatic carbocycles. The van der Waals surface area contributed by atoms with Crippen LogP contribution in [0.25, 0.3) is 0 Å². The molecule has 1 saturated carbocycles. The van der Waals surface area contributed by atoms with Gasteiger partial charge in [-0.15, -0.1) is 11.3 Å². The van der Waals surface area contributed by atoms with Crippen LogP contribution in [0, 0.1) is 5.92 Å². The van der Waals surface area contributed by atoms with Crippen LogP contribution in [0.15, 0.2) is 16.3 Å². The maximum atomic E-state index is 12.6. The van der Waals surface area contributed by atoms with Crippen molar-refractivity contribution in [2.45, 2.75) is 55.7 Å². The first-order valence-corrected chi connectivity index (χ1v) is 10.8. The third-order valence-electron chi connectivity index (χ3n) is 4.43. The summed E-state index contributed by atoms with van der Waals surface area (Å²) in [6.07, 6.45) is 6.23. The predicted molar refractivity (Wildman–Crippen MR) is 96.4 cm³/mol. The Hall–Kier alpha value is -0.960. The highest BCUT2D eigenvalue weighted by molar-refractivity contribution is 7.91. The van der Waals surface area contributed by atoms with E-state index in [1.54, 1.807) is 12.1 Å². The van der Waals surface area contributed by atoms with Gasteiger partial charge in [0.25, 0.3) is 0 Å².